The molecule has 1 aliphatic rings. The largest absolute Gasteiger partial charge is 0.480 e. The molecular formula is C23H21FN2O3. The van der Waals surface area contributed by atoms with Crippen molar-refractivity contribution in [2.75, 3.05) is 5.32 Å². The molecule has 2 aromatic carbocycles. The third-order valence-corrected chi connectivity index (χ3v) is 5.20. The molecule has 6 heteroatoms. The van der Waals surface area contributed by atoms with E-state index in [0.29, 0.717) is 41.9 Å². The van der Waals surface area contributed by atoms with Crippen molar-refractivity contribution in [2.45, 2.75) is 32.7 Å². The van der Waals surface area contributed by atoms with Gasteiger partial charge in [-0.1, -0.05) is 29.8 Å². The van der Waals surface area contributed by atoms with E-state index in [1.165, 1.54) is 12.1 Å². The number of hydrogen-bond donors (Lipinski definition) is 2. The summed E-state index contributed by atoms with van der Waals surface area (Å²) in [4.78, 5) is 24.4. The number of rotatable bonds is 5. The predicted octanol–water partition coefficient (Wildman–Crippen LogP) is 4.95. The van der Waals surface area contributed by atoms with Gasteiger partial charge in [0, 0.05) is 23.4 Å². The number of hydrogen-bond acceptors (Lipinski definition) is 3. The second kappa shape index (κ2) is 7.54. The number of aryl methyl sites for hydroxylation is 1. The molecule has 0 aliphatic heterocycles. The van der Waals surface area contributed by atoms with Crippen LogP contribution in [0.15, 0.2) is 48.5 Å². The average molecular weight is 392 g/mol. The van der Waals surface area contributed by atoms with Crippen LogP contribution in [0.4, 0.5) is 15.8 Å². The number of aliphatic carboxylic acids is 1. The number of carboxylic acid groups (broad SMARTS) is 1. The Kier molecular flexibility index (Phi) is 4.92. The van der Waals surface area contributed by atoms with Crippen molar-refractivity contribution in [1.29, 1.82) is 0 Å². The molecule has 0 spiro atoms. The smallest absolute Gasteiger partial charge is 0.323 e. The molecule has 5 nitrogen and oxygen atoms in total. The number of anilines is 2. The van der Waals surface area contributed by atoms with Crippen LogP contribution in [0.3, 0.4) is 0 Å². The van der Waals surface area contributed by atoms with Crippen LogP contribution in [0.2, 0.25) is 0 Å². The summed E-state index contributed by atoms with van der Waals surface area (Å²) < 4.78 is 15.1. The lowest BCUT2D eigenvalue weighted by Crippen LogP contribution is -2.17. The van der Waals surface area contributed by atoms with E-state index >= 15 is 0 Å². The minimum atomic E-state index is -0.970. The van der Waals surface area contributed by atoms with E-state index in [0.717, 1.165) is 16.8 Å². The molecule has 0 unspecified atom stereocenters. The summed E-state index contributed by atoms with van der Waals surface area (Å²) in [5.74, 6) is -1.33. The molecule has 1 aliphatic carbocycles. The highest BCUT2D eigenvalue weighted by Gasteiger charge is 2.31. The maximum absolute atomic E-state index is 13.3. The van der Waals surface area contributed by atoms with Gasteiger partial charge >= 0.3 is 5.97 Å². The van der Waals surface area contributed by atoms with E-state index in [1.54, 1.807) is 16.7 Å². The Hall–Kier alpha value is -3.41. The molecule has 1 aromatic heterocycles. The molecule has 0 fully saturated rings. The van der Waals surface area contributed by atoms with Gasteiger partial charge in [-0.3, -0.25) is 9.59 Å². The van der Waals surface area contributed by atoms with Gasteiger partial charge in [-0.15, -0.1) is 0 Å². The highest BCUT2D eigenvalue weighted by atomic mass is 19.1. The van der Waals surface area contributed by atoms with Gasteiger partial charge < -0.3 is 15.0 Å². The highest BCUT2D eigenvalue weighted by molar-refractivity contribution is 6.07. The second-order valence-electron chi connectivity index (χ2n) is 7.30. The van der Waals surface area contributed by atoms with Crippen LogP contribution >= 0.6 is 0 Å². The second-order valence-corrected chi connectivity index (χ2v) is 7.30. The fraction of sp³-hybridized carbons (Fsp3) is 0.217. The van der Waals surface area contributed by atoms with E-state index < -0.39 is 5.97 Å². The normalized spacial score (nSPS) is 13.2. The highest BCUT2D eigenvalue weighted by Crippen LogP contribution is 2.41. The molecule has 0 amide bonds. The standard InChI is InChI=1S/C23H21FN2O3/c1-14-5-7-15(8-6-14)23-22(25-17-11-9-16(24)10-12-17)21-18(3-2-4-19(21)27)26(23)13-20(28)29/h5-12,25H,2-4,13H2,1H3,(H,28,29). The number of benzene rings is 2. The van der Waals surface area contributed by atoms with Gasteiger partial charge in [0.2, 0.25) is 0 Å². The maximum atomic E-state index is 13.3. The van der Waals surface area contributed by atoms with Crippen molar-refractivity contribution in [1.82, 2.24) is 4.57 Å². The summed E-state index contributed by atoms with van der Waals surface area (Å²) in [5.41, 5.74) is 5.07. The zero-order valence-corrected chi connectivity index (χ0v) is 16.0. The molecule has 0 saturated heterocycles. The van der Waals surface area contributed by atoms with Gasteiger partial charge in [-0.05, 0) is 44.0 Å². The molecule has 0 bridgehead atoms. The Labute approximate surface area is 167 Å². The number of Topliss-reactive ketones (excluding diaryl/α,β-unsaturated/α-hetero) is 1. The fourth-order valence-electron chi connectivity index (χ4n) is 3.89. The molecule has 4 rings (SSSR count). The summed E-state index contributed by atoms with van der Waals surface area (Å²) in [7, 11) is 0. The van der Waals surface area contributed by atoms with Crippen molar-refractivity contribution in [2.24, 2.45) is 0 Å². The maximum Gasteiger partial charge on any atom is 0.323 e. The van der Waals surface area contributed by atoms with Gasteiger partial charge in [0.15, 0.2) is 5.78 Å². The van der Waals surface area contributed by atoms with Crippen molar-refractivity contribution in [3.05, 3.63) is 71.2 Å². The lowest BCUT2D eigenvalue weighted by Gasteiger charge is -2.15. The van der Waals surface area contributed by atoms with E-state index in [9.17, 15) is 19.1 Å². The first kappa shape index (κ1) is 18.9. The monoisotopic (exact) mass is 392 g/mol. The number of ketones is 1. The number of carboxylic acids is 1. The van der Waals surface area contributed by atoms with Crippen LogP contribution in [0.1, 0.15) is 34.5 Å². The Balaban J connectivity index is 1.96. The first-order valence-electron chi connectivity index (χ1n) is 9.54. The minimum absolute atomic E-state index is 0.00615. The van der Waals surface area contributed by atoms with Crippen LogP contribution in [0.5, 0.6) is 0 Å². The minimum Gasteiger partial charge on any atom is -0.480 e. The van der Waals surface area contributed by atoms with E-state index in [1.807, 2.05) is 31.2 Å². The summed E-state index contributed by atoms with van der Waals surface area (Å²) in [5, 5.41) is 12.8. The summed E-state index contributed by atoms with van der Waals surface area (Å²) in [6.45, 7) is 1.75. The number of carbonyl (C=O) groups excluding carboxylic acids is 1. The third kappa shape index (κ3) is 3.66. The van der Waals surface area contributed by atoms with E-state index in [2.05, 4.69) is 5.32 Å². The number of halogens is 1. The van der Waals surface area contributed by atoms with Crippen molar-refractivity contribution < 1.29 is 19.1 Å². The molecule has 1 heterocycles. The Morgan fingerprint density at radius 2 is 1.79 bits per heavy atom. The van der Waals surface area contributed by atoms with Gasteiger partial charge in [0.1, 0.15) is 12.4 Å². The van der Waals surface area contributed by atoms with E-state index in [-0.39, 0.29) is 18.1 Å². The lowest BCUT2D eigenvalue weighted by molar-refractivity contribution is -0.137. The Morgan fingerprint density at radius 1 is 1.10 bits per heavy atom. The van der Waals surface area contributed by atoms with Gasteiger partial charge in [-0.2, -0.15) is 0 Å². The van der Waals surface area contributed by atoms with E-state index in [4.69, 9.17) is 0 Å². The van der Waals surface area contributed by atoms with Gasteiger partial charge in [0.25, 0.3) is 0 Å². The molecule has 0 saturated carbocycles. The summed E-state index contributed by atoms with van der Waals surface area (Å²) in [6, 6.07) is 13.6. The van der Waals surface area contributed by atoms with Crippen LogP contribution in [-0.4, -0.2) is 21.4 Å². The average Bonchev–Trinajstić information content (AvgIpc) is 2.98. The SMILES string of the molecule is Cc1ccc(-c2c(Nc3ccc(F)cc3)c3c(n2CC(=O)O)CCCC3=O)cc1. The first-order valence-corrected chi connectivity index (χ1v) is 9.54. The number of aromatic nitrogens is 1. The molecule has 3 aromatic rings. The van der Waals surface area contributed by atoms with Crippen molar-refractivity contribution >= 4 is 23.1 Å². The molecule has 0 radical (unpaired) electrons. The topological polar surface area (TPSA) is 71.3 Å². The first-order chi connectivity index (χ1) is 13.9. The van der Waals surface area contributed by atoms with Crippen molar-refractivity contribution in [3.63, 3.8) is 0 Å². The quantitative estimate of drug-likeness (QED) is 0.644. The Morgan fingerprint density at radius 3 is 2.45 bits per heavy atom. The Bertz CT molecular complexity index is 1080. The zero-order chi connectivity index (χ0) is 20.5. The fourth-order valence-corrected chi connectivity index (χ4v) is 3.89. The number of carbonyl (C=O) groups is 2. The molecule has 0 atom stereocenters. The summed E-state index contributed by atoms with van der Waals surface area (Å²) in [6.07, 6.45) is 1.76. The van der Waals surface area contributed by atoms with Gasteiger partial charge in [-0.25, -0.2) is 4.39 Å². The van der Waals surface area contributed by atoms with Crippen molar-refractivity contribution in [3.8, 4) is 11.3 Å². The van der Waals surface area contributed by atoms with Crippen LogP contribution in [0, 0.1) is 12.7 Å². The number of nitrogens with zero attached hydrogens (tertiary/aromatic N) is 1. The van der Waals surface area contributed by atoms with Crippen LogP contribution in [-0.2, 0) is 17.8 Å². The molecule has 2 N–H and O–H groups in total. The van der Waals surface area contributed by atoms with Crippen LogP contribution in [0.25, 0.3) is 11.3 Å². The molecular weight excluding hydrogens is 371 g/mol. The molecule has 29 heavy (non-hydrogen) atoms. The number of nitrogens with one attached hydrogen (secondary N) is 1. The zero-order valence-electron chi connectivity index (χ0n) is 16.0. The molecule has 148 valence electrons. The lowest BCUT2D eigenvalue weighted by atomic mass is 9.94. The summed E-state index contributed by atoms with van der Waals surface area (Å²) >= 11 is 0. The third-order valence-electron chi connectivity index (χ3n) is 5.20. The number of fused-ring (bicyclic) bond motifs is 1. The van der Waals surface area contributed by atoms with Crippen LogP contribution < -0.4 is 5.32 Å². The van der Waals surface area contributed by atoms with Gasteiger partial charge in [0.05, 0.1) is 16.9 Å². The predicted molar refractivity (Wildman–Crippen MR) is 109 cm³/mol.